The summed E-state index contributed by atoms with van der Waals surface area (Å²) in [5.41, 5.74) is 0.767. The van der Waals surface area contributed by atoms with Crippen molar-refractivity contribution in [1.29, 1.82) is 0 Å². The highest BCUT2D eigenvalue weighted by atomic mass is 19.1. The molecule has 0 unspecified atom stereocenters. The predicted octanol–water partition coefficient (Wildman–Crippen LogP) is -0.433. The molecule has 0 aliphatic heterocycles. The molecule has 0 fully saturated rings. The van der Waals surface area contributed by atoms with Gasteiger partial charge in [-0.15, -0.1) is 0 Å². The van der Waals surface area contributed by atoms with Crippen molar-refractivity contribution in [3.05, 3.63) is 29.6 Å². The molecule has 0 amide bonds. The van der Waals surface area contributed by atoms with Crippen LogP contribution in [0.4, 0.5) is 4.39 Å². The van der Waals surface area contributed by atoms with Gasteiger partial charge in [0.05, 0.1) is 0 Å². The van der Waals surface area contributed by atoms with Crippen molar-refractivity contribution in [1.82, 2.24) is 4.90 Å². The molecule has 0 aliphatic rings. The molecule has 1 rings (SSSR count). The van der Waals surface area contributed by atoms with Crippen LogP contribution in [0.5, 0.6) is 0 Å². The summed E-state index contributed by atoms with van der Waals surface area (Å²) >= 11 is 0. The van der Waals surface area contributed by atoms with Crippen LogP contribution in [0.3, 0.4) is 0 Å². The zero-order valence-electron chi connectivity index (χ0n) is 8.24. The molecule has 0 aliphatic carbocycles. The van der Waals surface area contributed by atoms with Crippen molar-refractivity contribution < 1.29 is 14.4 Å². The van der Waals surface area contributed by atoms with E-state index in [0.717, 1.165) is 0 Å². The average molecular weight is 197 g/mol. The van der Waals surface area contributed by atoms with Crippen molar-refractivity contribution >= 4 is 12.6 Å². The maximum absolute atomic E-state index is 13.2. The zero-order valence-corrected chi connectivity index (χ0v) is 8.24. The van der Waals surface area contributed by atoms with Gasteiger partial charge in [-0.05, 0) is 25.6 Å². The van der Waals surface area contributed by atoms with E-state index in [1.54, 1.807) is 0 Å². The molecule has 5 heteroatoms. The van der Waals surface area contributed by atoms with Crippen LogP contribution in [0.1, 0.15) is 5.56 Å². The van der Waals surface area contributed by atoms with Crippen LogP contribution < -0.4 is 5.46 Å². The Morgan fingerprint density at radius 2 is 2.00 bits per heavy atom. The van der Waals surface area contributed by atoms with Gasteiger partial charge < -0.3 is 14.9 Å². The molecule has 0 saturated heterocycles. The van der Waals surface area contributed by atoms with Gasteiger partial charge in [0.2, 0.25) is 0 Å². The third kappa shape index (κ3) is 2.80. The van der Waals surface area contributed by atoms with Gasteiger partial charge in [-0.2, -0.15) is 0 Å². The first-order valence-electron chi connectivity index (χ1n) is 4.30. The maximum Gasteiger partial charge on any atom is 0.488 e. The van der Waals surface area contributed by atoms with Gasteiger partial charge in [0.1, 0.15) is 5.82 Å². The molecule has 1 aromatic carbocycles. The standard InChI is InChI=1S/C9H13BFNO2/c1-12(2)6-7-5-8(10(13)14)3-4-9(7)11/h3-5,13-14H,6H2,1-2H3. The van der Waals surface area contributed by atoms with Crippen LogP contribution in [0, 0.1) is 5.82 Å². The fourth-order valence-corrected chi connectivity index (χ4v) is 1.22. The fourth-order valence-electron chi connectivity index (χ4n) is 1.22. The monoisotopic (exact) mass is 197 g/mol. The van der Waals surface area contributed by atoms with Crippen molar-refractivity contribution in [3.8, 4) is 0 Å². The van der Waals surface area contributed by atoms with Crippen LogP contribution in [0.2, 0.25) is 0 Å². The Hall–Kier alpha value is -0.905. The molecule has 0 aromatic heterocycles. The molecule has 76 valence electrons. The van der Waals surface area contributed by atoms with Gasteiger partial charge in [0.25, 0.3) is 0 Å². The van der Waals surface area contributed by atoms with Gasteiger partial charge in [-0.25, -0.2) is 4.39 Å². The minimum atomic E-state index is -1.54. The highest BCUT2D eigenvalue weighted by Gasteiger charge is 2.13. The lowest BCUT2D eigenvalue weighted by molar-refractivity contribution is 0.392. The lowest BCUT2D eigenvalue weighted by Crippen LogP contribution is -2.30. The molecule has 2 N–H and O–H groups in total. The highest BCUT2D eigenvalue weighted by molar-refractivity contribution is 6.58. The second kappa shape index (κ2) is 4.55. The maximum atomic E-state index is 13.2. The fraction of sp³-hybridized carbons (Fsp3) is 0.333. The largest absolute Gasteiger partial charge is 0.488 e. The molecule has 0 spiro atoms. The van der Waals surface area contributed by atoms with Crippen LogP contribution in [-0.2, 0) is 6.54 Å². The topological polar surface area (TPSA) is 43.7 Å². The van der Waals surface area contributed by atoms with Gasteiger partial charge in [0, 0.05) is 12.1 Å². The van der Waals surface area contributed by atoms with Crippen molar-refractivity contribution in [2.45, 2.75) is 6.54 Å². The highest BCUT2D eigenvalue weighted by Crippen LogP contribution is 2.06. The van der Waals surface area contributed by atoms with Crippen LogP contribution in [0.15, 0.2) is 18.2 Å². The lowest BCUT2D eigenvalue weighted by Gasteiger charge is -2.11. The molecule has 0 atom stereocenters. The first-order valence-corrected chi connectivity index (χ1v) is 4.30. The van der Waals surface area contributed by atoms with E-state index in [1.165, 1.54) is 18.2 Å². The van der Waals surface area contributed by atoms with Gasteiger partial charge in [-0.3, -0.25) is 0 Å². The number of hydrogen-bond acceptors (Lipinski definition) is 3. The minimum absolute atomic E-state index is 0.309. The minimum Gasteiger partial charge on any atom is -0.423 e. The van der Waals surface area contributed by atoms with Crippen LogP contribution >= 0.6 is 0 Å². The molecule has 3 nitrogen and oxygen atoms in total. The summed E-state index contributed by atoms with van der Waals surface area (Å²) in [7, 11) is 2.10. The van der Waals surface area contributed by atoms with Gasteiger partial charge in [-0.1, -0.05) is 12.1 Å². The third-order valence-electron chi connectivity index (χ3n) is 1.85. The number of nitrogens with zero attached hydrogens (tertiary/aromatic N) is 1. The normalized spacial score (nSPS) is 10.7. The molecule has 0 radical (unpaired) electrons. The Balaban J connectivity index is 2.96. The summed E-state index contributed by atoms with van der Waals surface area (Å²) in [4.78, 5) is 1.81. The number of hydrogen-bond donors (Lipinski definition) is 2. The summed E-state index contributed by atoms with van der Waals surface area (Å²) in [5.74, 6) is -0.330. The first kappa shape index (κ1) is 11.2. The van der Waals surface area contributed by atoms with Crippen LogP contribution in [0.25, 0.3) is 0 Å². The quantitative estimate of drug-likeness (QED) is 0.646. The molecule has 14 heavy (non-hydrogen) atoms. The summed E-state index contributed by atoms with van der Waals surface area (Å²) in [5, 5.41) is 17.8. The number of rotatable bonds is 3. The Morgan fingerprint density at radius 3 is 2.50 bits per heavy atom. The van der Waals surface area contributed by atoms with Gasteiger partial charge >= 0.3 is 7.12 Å². The van der Waals surface area contributed by atoms with Crippen molar-refractivity contribution in [2.75, 3.05) is 14.1 Å². The Labute approximate surface area is 82.9 Å². The smallest absolute Gasteiger partial charge is 0.423 e. The average Bonchev–Trinajstić information content (AvgIpc) is 2.07. The second-order valence-corrected chi connectivity index (χ2v) is 3.46. The summed E-state index contributed by atoms with van der Waals surface area (Å²) < 4.78 is 13.2. The van der Waals surface area contributed by atoms with E-state index >= 15 is 0 Å². The summed E-state index contributed by atoms with van der Waals surface area (Å²) in [6.45, 7) is 0.437. The zero-order chi connectivity index (χ0) is 10.7. The van der Waals surface area contributed by atoms with Crippen molar-refractivity contribution in [3.63, 3.8) is 0 Å². The number of benzene rings is 1. The van der Waals surface area contributed by atoms with Crippen molar-refractivity contribution in [2.24, 2.45) is 0 Å². The summed E-state index contributed by atoms with van der Waals surface area (Å²) in [6.07, 6.45) is 0. The van der Waals surface area contributed by atoms with E-state index in [4.69, 9.17) is 10.0 Å². The first-order chi connectivity index (χ1) is 6.50. The van der Waals surface area contributed by atoms with E-state index in [2.05, 4.69) is 0 Å². The number of halogens is 1. The van der Waals surface area contributed by atoms with E-state index in [1.807, 2.05) is 19.0 Å². The molecule has 0 heterocycles. The SMILES string of the molecule is CN(C)Cc1cc(B(O)O)ccc1F. The van der Waals surface area contributed by atoms with E-state index in [0.29, 0.717) is 17.6 Å². The van der Waals surface area contributed by atoms with Gasteiger partial charge in [0.15, 0.2) is 0 Å². The molecular formula is C9H13BFNO2. The molecule has 0 bridgehead atoms. The predicted molar refractivity (Wildman–Crippen MR) is 53.6 cm³/mol. The Bertz CT molecular complexity index is 318. The van der Waals surface area contributed by atoms with E-state index < -0.39 is 7.12 Å². The van der Waals surface area contributed by atoms with E-state index in [9.17, 15) is 4.39 Å². The molecule has 1 aromatic rings. The molecule has 0 saturated carbocycles. The lowest BCUT2D eigenvalue weighted by atomic mass is 9.79. The van der Waals surface area contributed by atoms with E-state index in [-0.39, 0.29) is 5.82 Å². The Kier molecular flexibility index (Phi) is 3.63. The second-order valence-electron chi connectivity index (χ2n) is 3.46. The Morgan fingerprint density at radius 1 is 1.36 bits per heavy atom. The third-order valence-corrected chi connectivity index (χ3v) is 1.85. The summed E-state index contributed by atoms with van der Waals surface area (Å²) in [6, 6.07) is 4.06. The molecular weight excluding hydrogens is 184 g/mol. The van der Waals surface area contributed by atoms with Crippen LogP contribution in [-0.4, -0.2) is 36.2 Å².